The monoisotopic (exact) mass is 357 g/mol. The number of carboxylic acids is 1. The summed E-state index contributed by atoms with van der Waals surface area (Å²) in [6.07, 6.45) is 0. The minimum Gasteiger partial charge on any atom is -0.480 e. The van der Waals surface area contributed by atoms with Crippen molar-refractivity contribution in [3.63, 3.8) is 0 Å². The molecule has 0 aliphatic carbocycles. The van der Waals surface area contributed by atoms with Gasteiger partial charge in [0.2, 0.25) is 11.8 Å². The summed E-state index contributed by atoms with van der Waals surface area (Å²) in [4.78, 5) is 10.6. The fourth-order valence-electron chi connectivity index (χ4n) is 1.40. The van der Waals surface area contributed by atoms with E-state index in [4.69, 9.17) is 15.3 Å². The Bertz CT molecular complexity index is 605. The zero-order valence-electron chi connectivity index (χ0n) is 10.3. The highest BCUT2D eigenvalue weighted by Crippen LogP contribution is 2.27. The van der Waals surface area contributed by atoms with E-state index >= 15 is 0 Å². The Morgan fingerprint density at radius 3 is 2.90 bits per heavy atom. The highest BCUT2D eigenvalue weighted by atomic mass is 79.9. The number of carboxylic acid groups (broad SMARTS) is 1. The van der Waals surface area contributed by atoms with Crippen LogP contribution in [0.4, 0.5) is 0 Å². The van der Waals surface area contributed by atoms with E-state index in [2.05, 4.69) is 26.1 Å². The molecule has 0 saturated heterocycles. The van der Waals surface area contributed by atoms with Crippen molar-refractivity contribution in [1.82, 2.24) is 10.2 Å². The first-order valence-electron chi connectivity index (χ1n) is 5.71. The molecule has 6 nitrogen and oxygen atoms in total. The Kier molecular flexibility index (Phi) is 5.16. The van der Waals surface area contributed by atoms with Gasteiger partial charge < -0.3 is 15.3 Å². The smallest absolute Gasteiger partial charge is 0.321 e. The predicted molar refractivity (Wildman–Crippen MR) is 79.2 cm³/mol. The zero-order valence-corrected chi connectivity index (χ0v) is 12.7. The van der Waals surface area contributed by atoms with E-state index in [0.717, 1.165) is 10.0 Å². The molecule has 1 atom stereocenters. The van der Waals surface area contributed by atoms with Gasteiger partial charge in [-0.2, -0.15) is 0 Å². The van der Waals surface area contributed by atoms with Gasteiger partial charge >= 0.3 is 5.97 Å². The Balaban J connectivity index is 1.96. The van der Waals surface area contributed by atoms with Crippen molar-refractivity contribution in [2.24, 2.45) is 5.73 Å². The van der Waals surface area contributed by atoms with Gasteiger partial charge in [-0.1, -0.05) is 12.1 Å². The zero-order chi connectivity index (χ0) is 14.5. The lowest BCUT2D eigenvalue weighted by Gasteiger charge is -2.03. The van der Waals surface area contributed by atoms with Gasteiger partial charge in [-0.05, 0) is 28.1 Å². The fraction of sp³-hybridized carbons (Fsp3) is 0.250. The standard InChI is InChI=1S/C12H12BrN3O3S/c13-8-4-2-1-3-7(8)11-16-15-10(19-11)6-20-5-9(14)12(17)18/h1-4,9H,5-6,14H2,(H,17,18)/t9-/m1/s1. The van der Waals surface area contributed by atoms with Gasteiger partial charge in [-0.25, -0.2) is 0 Å². The number of halogens is 1. The van der Waals surface area contributed by atoms with Crippen LogP contribution < -0.4 is 5.73 Å². The average molecular weight is 358 g/mol. The van der Waals surface area contributed by atoms with Crippen LogP contribution in [0.3, 0.4) is 0 Å². The lowest BCUT2D eigenvalue weighted by atomic mass is 10.2. The first-order valence-corrected chi connectivity index (χ1v) is 7.66. The van der Waals surface area contributed by atoms with Crippen LogP contribution in [-0.4, -0.2) is 33.1 Å². The lowest BCUT2D eigenvalue weighted by molar-refractivity contribution is -0.137. The van der Waals surface area contributed by atoms with E-state index in [0.29, 0.717) is 23.3 Å². The summed E-state index contributed by atoms with van der Waals surface area (Å²) in [5.74, 6) is 0.575. The molecular weight excluding hydrogens is 346 g/mol. The van der Waals surface area contributed by atoms with Gasteiger partial charge in [0.15, 0.2) is 0 Å². The van der Waals surface area contributed by atoms with Gasteiger partial charge in [0.25, 0.3) is 0 Å². The van der Waals surface area contributed by atoms with Crippen molar-refractivity contribution in [1.29, 1.82) is 0 Å². The number of rotatable bonds is 6. The third-order valence-electron chi connectivity index (χ3n) is 2.41. The molecule has 3 N–H and O–H groups in total. The number of hydrogen-bond acceptors (Lipinski definition) is 6. The van der Waals surface area contributed by atoms with E-state index in [9.17, 15) is 4.79 Å². The summed E-state index contributed by atoms with van der Waals surface area (Å²) >= 11 is 4.76. The van der Waals surface area contributed by atoms with E-state index < -0.39 is 12.0 Å². The summed E-state index contributed by atoms with van der Waals surface area (Å²) in [6, 6.07) is 6.65. The summed E-state index contributed by atoms with van der Waals surface area (Å²) in [7, 11) is 0. The number of carbonyl (C=O) groups is 1. The van der Waals surface area contributed by atoms with Gasteiger partial charge in [0.05, 0.1) is 11.3 Å². The molecule has 0 fully saturated rings. The van der Waals surface area contributed by atoms with Crippen LogP contribution in [-0.2, 0) is 10.5 Å². The molecule has 0 amide bonds. The second-order valence-corrected chi connectivity index (χ2v) is 5.83. The number of benzene rings is 1. The molecule has 0 bridgehead atoms. The molecule has 0 spiro atoms. The first-order chi connectivity index (χ1) is 9.58. The second kappa shape index (κ2) is 6.87. The van der Waals surface area contributed by atoms with Gasteiger partial charge in [0.1, 0.15) is 6.04 Å². The number of nitrogens with two attached hydrogens (primary N) is 1. The Morgan fingerprint density at radius 2 is 2.20 bits per heavy atom. The number of hydrogen-bond donors (Lipinski definition) is 2. The molecule has 0 aliphatic rings. The maximum atomic E-state index is 10.6. The minimum absolute atomic E-state index is 0.294. The van der Waals surface area contributed by atoms with Crippen molar-refractivity contribution in [2.75, 3.05) is 5.75 Å². The predicted octanol–water partition coefficient (Wildman–Crippen LogP) is 2.14. The molecule has 1 aromatic carbocycles. The van der Waals surface area contributed by atoms with Crippen LogP contribution in [0, 0.1) is 0 Å². The van der Waals surface area contributed by atoms with Crippen molar-refractivity contribution in [3.8, 4) is 11.5 Å². The van der Waals surface area contributed by atoms with E-state index in [-0.39, 0.29) is 0 Å². The van der Waals surface area contributed by atoms with Gasteiger partial charge in [0, 0.05) is 10.2 Å². The van der Waals surface area contributed by atoms with Crippen molar-refractivity contribution in [2.45, 2.75) is 11.8 Å². The van der Waals surface area contributed by atoms with Crippen molar-refractivity contribution < 1.29 is 14.3 Å². The summed E-state index contributed by atoms with van der Waals surface area (Å²) in [6.45, 7) is 0. The normalized spacial score (nSPS) is 12.3. The topological polar surface area (TPSA) is 102 Å². The van der Waals surface area contributed by atoms with E-state index in [1.807, 2.05) is 24.3 Å². The highest BCUT2D eigenvalue weighted by Gasteiger charge is 2.14. The SMILES string of the molecule is N[C@H](CSCc1nnc(-c2ccccc2Br)o1)C(=O)O. The molecule has 8 heteroatoms. The summed E-state index contributed by atoms with van der Waals surface area (Å²) in [5.41, 5.74) is 6.22. The van der Waals surface area contributed by atoms with E-state index in [1.54, 1.807) is 0 Å². The molecule has 1 heterocycles. The molecule has 20 heavy (non-hydrogen) atoms. The van der Waals surface area contributed by atoms with Crippen LogP contribution >= 0.6 is 27.7 Å². The number of nitrogens with zero attached hydrogens (tertiary/aromatic N) is 2. The van der Waals surface area contributed by atoms with Gasteiger partial charge in [-0.3, -0.25) is 4.79 Å². The molecular formula is C12H12BrN3O3S. The third kappa shape index (κ3) is 3.81. The molecule has 1 aromatic heterocycles. The quantitative estimate of drug-likeness (QED) is 0.816. The Hall–Kier alpha value is -1.38. The third-order valence-corrected chi connectivity index (χ3v) is 4.15. The maximum absolute atomic E-state index is 10.6. The van der Waals surface area contributed by atoms with Crippen LogP contribution in [0.5, 0.6) is 0 Å². The molecule has 0 saturated carbocycles. The van der Waals surface area contributed by atoms with Crippen LogP contribution in [0.2, 0.25) is 0 Å². The maximum Gasteiger partial charge on any atom is 0.321 e. The lowest BCUT2D eigenvalue weighted by Crippen LogP contribution is -2.32. The molecule has 0 radical (unpaired) electrons. The molecule has 2 rings (SSSR count). The minimum atomic E-state index is -1.02. The van der Waals surface area contributed by atoms with Crippen molar-refractivity contribution in [3.05, 3.63) is 34.6 Å². The van der Waals surface area contributed by atoms with Crippen LogP contribution in [0.1, 0.15) is 5.89 Å². The average Bonchev–Trinajstić information content (AvgIpc) is 2.87. The van der Waals surface area contributed by atoms with E-state index in [1.165, 1.54) is 11.8 Å². The Labute approximate surface area is 127 Å². The Morgan fingerprint density at radius 1 is 1.45 bits per heavy atom. The van der Waals surface area contributed by atoms with Crippen molar-refractivity contribution >= 4 is 33.7 Å². The number of thioether (sulfide) groups is 1. The summed E-state index contributed by atoms with van der Waals surface area (Å²) < 4.78 is 6.40. The molecule has 0 unspecified atom stereocenters. The second-order valence-electron chi connectivity index (χ2n) is 3.94. The number of aromatic nitrogens is 2. The highest BCUT2D eigenvalue weighted by molar-refractivity contribution is 9.10. The molecule has 2 aromatic rings. The van der Waals surface area contributed by atoms with Gasteiger partial charge in [-0.15, -0.1) is 22.0 Å². The largest absolute Gasteiger partial charge is 0.480 e. The number of aliphatic carboxylic acids is 1. The summed E-state index contributed by atoms with van der Waals surface area (Å²) in [5, 5.41) is 16.6. The van der Waals surface area contributed by atoms with Crippen LogP contribution in [0.15, 0.2) is 33.2 Å². The van der Waals surface area contributed by atoms with Crippen LogP contribution in [0.25, 0.3) is 11.5 Å². The molecule has 106 valence electrons. The fourth-order valence-corrected chi connectivity index (χ4v) is 2.66. The first kappa shape index (κ1) is 15.0. The molecule has 0 aliphatic heterocycles.